The number of hydrogen-bond donors (Lipinski definition) is 2. The number of carbonyl (C=O) groups is 1. The molecule has 2 aromatic heterocycles. The lowest BCUT2D eigenvalue weighted by molar-refractivity contribution is -0.147. The second-order valence-corrected chi connectivity index (χ2v) is 9.83. The maximum absolute atomic E-state index is 12.4. The van der Waals surface area contributed by atoms with Gasteiger partial charge >= 0.3 is 0 Å². The number of ether oxygens (including phenoxy) is 2. The number of halogens is 1. The third kappa shape index (κ3) is 6.67. The van der Waals surface area contributed by atoms with E-state index in [4.69, 9.17) is 21.1 Å². The molecule has 0 aliphatic carbocycles. The van der Waals surface area contributed by atoms with Gasteiger partial charge in [-0.15, -0.1) is 0 Å². The van der Waals surface area contributed by atoms with Crippen molar-refractivity contribution in [2.45, 2.75) is 39.1 Å². The number of rotatable bonds is 10. The van der Waals surface area contributed by atoms with Gasteiger partial charge in [0.05, 0.1) is 28.2 Å². The van der Waals surface area contributed by atoms with E-state index in [1.54, 1.807) is 25.4 Å². The molecule has 1 unspecified atom stereocenters. The number of likely N-dealkylation sites (N-methyl/N-ethyl adjacent to an activating group) is 1. The molecule has 198 valence electrons. The minimum atomic E-state index is -1.46. The fourth-order valence-electron chi connectivity index (χ4n) is 3.93. The molecule has 0 aliphatic heterocycles. The van der Waals surface area contributed by atoms with Crippen LogP contribution in [-0.4, -0.2) is 56.2 Å². The first-order valence-electron chi connectivity index (χ1n) is 12.1. The first-order valence-corrected chi connectivity index (χ1v) is 12.5. The van der Waals surface area contributed by atoms with E-state index in [-0.39, 0.29) is 18.6 Å². The number of nitrogens with one attached hydrogen (secondary N) is 1. The van der Waals surface area contributed by atoms with Gasteiger partial charge in [0.1, 0.15) is 42.0 Å². The summed E-state index contributed by atoms with van der Waals surface area (Å²) in [6, 6.07) is 16.6. The summed E-state index contributed by atoms with van der Waals surface area (Å²) in [6.45, 7) is 5.36. The van der Waals surface area contributed by atoms with Crippen molar-refractivity contribution < 1.29 is 19.4 Å². The zero-order chi connectivity index (χ0) is 27.3. The molecule has 0 saturated carbocycles. The maximum atomic E-state index is 12.4. The van der Waals surface area contributed by atoms with Crippen LogP contribution in [0.2, 0.25) is 5.02 Å². The number of carbonyl (C=O) groups excluding carboxylic acids is 1. The monoisotopic (exact) mass is 535 g/mol. The molecule has 4 rings (SSSR count). The third-order valence-corrected chi connectivity index (χ3v) is 5.95. The van der Waals surface area contributed by atoms with Crippen LogP contribution < -0.4 is 14.8 Å². The second-order valence-electron chi connectivity index (χ2n) is 9.43. The lowest BCUT2D eigenvalue weighted by atomic mass is 10.1. The molecule has 10 heteroatoms. The van der Waals surface area contributed by atoms with Gasteiger partial charge in [0.15, 0.2) is 0 Å². The van der Waals surface area contributed by atoms with E-state index in [2.05, 4.69) is 20.3 Å². The molecule has 0 fully saturated rings. The molecular weight excluding hydrogens is 506 g/mol. The van der Waals surface area contributed by atoms with Crippen LogP contribution in [0.1, 0.15) is 26.5 Å². The highest BCUT2D eigenvalue weighted by molar-refractivity contribution is 6.32. The molecule has 9 nitrogen and oxygen atoms in total. The lowest BCUT2D eigenvalue weighted by Crippen LogP contribution is -2.46. The summed E-state index contributed by atoms with van der Waals surface area (Å²) in [5.74, 6) is 1.25. The average Bonchev–Trinajstić information content (AvgIpc) is 2.88. The molecule has 4 aromatic rings. The Bertz CT molecular complexity index is 1410. The molecule has 0 saturated heterocycles. The predicted octanol–water partition coefficient (Wildman–Crippen LogP) is 5.00. The van der Waals surface area contributed by atoms with E-state index >= 15 is 0 Å². The van der Waals surface area contributed by atoms with Crippen molar-refractivity contribution in [1.82, 2.24) is 19.9 Å². The molecule has 38 heavy (non-hydrogen) atoms. The van der Waals surface area contributed by atoms with Gasteiger partial charge in [-0.05, 0) is 63.2 Å². The first kappa shape index (κ1) is 27.1. The van der Waals surface area contributed by atoms with E-state index in [0.717, 1.165) is 5.69 Å². The quantitative estimate of drug-likeness (QED) is 0.292. The number of amides is 1. The Morgan fingerprint density at radius 1 is 1.11 bits per heavy atom. The summed E-state index contributed by atoms with van der Waals surface area (Å²) in [5, 5.41) is 14.4. The van der Waals surface area contributed by atoms with Crippen molar-refractivity contribution in [3.63, 3.8) is 0 Å². The van der Waals surface area contributed by atoms with Crippen LogP contribution in [0.15, 0.2) is 67.1 Å². The Hall–Kier alpha value is -3.95. The summed E-state index contributed by atoms with van der Waals surface area (Å²) in [7, 11) is 1.63. The molecule has 1 amide bonds. The second kappa shape index (κ2) is 11.6. The Balaban J connectivity index is 1.51. The van der Waals surface area contributed by atoms with Gasteiger partial charge in [-0.3, -0.25) is 9.78 Å². The molecule has 1 atom stereocenters. The van der Waals surface area contributed by atoms with Gasteiger partial charge in [0.25, 0.3) is 5.91 Å². The molecule has 2 N–H and O–H groups in total. The topological polar surface area (TPSA) is 110 Å². The third-order valence-electron chi connectivity index (χ3n) is 5.65. The number of benzene rings is 2. The number of aromatic nitrogens is 3. The summed E-state index contributed by atoms with van der Waals surface area (Å²) in [6.07, 6.45) is 2.82. The number of hydrogen-bond acceptors (Lipinski definition) is 8. The van der Waals surface area contributed by atoms with Crippen LogP contribution >= 0.6 is 11.6 Å². The van der Waals surface area contributed by atoms with Gasteiger partial charge in [-0.25, -0.2) is 9.97 Å². The first-order chi connectivity index (χ1) is 18.1. The van der Waals surface area contributed by atoms with Crippen LogP contribution in [0, 0.1) is 0 Å². The van der Waals surface area contributed by atoms with Crippen molar-refractivity contribution in [1.29, 1.82) is 0 Å². The largest absolute Gasteiger partial charge is 0.488 e. The minimum Gasteiger partial charge on any atom is -0.488 e. The van der Waals surface area contributed by atoms with E-state index in [1.165, 1.54) is 25.1 Å². The molecule has 2 aromatic carbocycles. The van der Waals surface area contributed by atoms with E-state index < -0.39 is 5.60 Å². The molecule has 0 radical (unpaired) electrons. The van der Waals surface area contributed by atoms with Crippen LogP contribution in [0.3, 0.4) is 0 Å². The molecule has 0 spiro atoms. The highest BCUT2D eigenvalue weighted by Crippen LogP contribution is 2.34. The Morgan fingerprint density at radius 2 is 1.92 bits per heavy atom. The van der Waals surface area contributed by atoms with Gasteiger partial charge in [0, 0.05) is 18.9 Å². The van der Waals surface area contributed by atoms with Crippen LogP contribution in [0.4, 0.5) is 11.5 Å². The standard InChI is InChI=1S/C28H30ClN5O4/c1-18(15-34(4)27(35)28(2,3)36)38-24-10-7-9-22-25(24)26(32-17-31-22)33-19-11-12-23(21(29)14-19)37-16-20-8-5-6-13-30-20/h5-14,17-18,36H,15-16H2,1-4H3,(H,31,32,33). The normalized spacial score (nSPS) is 12.2. The molecule has 0 bridgehead atoms. The Labute approximate surface area is 226 Å². The number of nitrogens with zero attached hydrogens (tertiary/aromatic N) is 4. The highest BCUT2D eigenvalue weighted by Gasteiger charge is 2.28. The van der Waals surface area contributed by atoms with Crippen LogP contribution in [0.25, 0.3) is 10.9 Å². The van der Waals surface area contributed by atoms with Crippen LogP contribution in [-0.2, 0) is 11.4 Å². The molecule has 0 aliphatic rings. The molecular formula is C28H30ClN5O4. The predicted molar refractivity (Wildman–Crippen MR) is 147 cm³/mol. The summed E-state index contributed by atoms with van der Waals surface area (Å²) in [4.78, 5) is 26.9. The fraction of sp³-hybridized carbons (Fsp3) is 0.286. The fourth-order valence-corrected chi connectivity index (χ4v) is 4.16. The van der Waals surface area contributed by atoms with Crippen molar-refractivity contribution in [3.8, 4) is 11.5 Å². The number of aliphatic hydroxyl groups is 1. The minimum absolute atomic E-state index is 0.283. The van der Waals surface area contributed by atoms with Gasteiger partial charge < -0.3 is 24.8 Å². The highest BCUT2D eigenvalue weighted by atomic mass is 35.5. The zero-order valence-electron chi connectivity index (χ0n) is 21.7. The van der Waals surface area contributed by atoms with Crippen LogP contribution in [0.5, 0.6) is 11.5 Å². The van der Waals surface area contributed by atoms with Crippen molar-refractivity contribution in [3.05, 3.63) is 77.8 Å². The summed E-state index contributed by atoms with van der Waals surface area (Å²) < 4.78 is 12.0. The average molecular weight is 536 g/mol. The maximum Gasteiger partial charge on any atom is 0.253 e. The number of pyridine rings is 1. The van der Waals surface area contributed by atoms with Crippen molar-refractivity contribution >= 4 is 39.9 Å². The number of anilines is 2. The number of fused-ring (bicyclic) bond motifs is 1. The van der Waals surface area contributed by atoms with Crippen molar-refractivity contribution in [2.24, 2.45) is 0 Å². The van der Waals surface area contributed by atoms with E-state index in [9.17, 15) is 9.90 Å². The van der Waals surface area contributed by atoms with Gasteiger partial charge in [-0.1, -0.05) is 23.7 Å². The Morgan fingerprint density at radius 3 is 2.63 bits per heavy atom. The van der Waals surface area contributed by atoms with E-state index in [1.807, 2.05) is 49.4 Å². The Kier molecular flexibility index (Phi) is 8.29. The summed E-state index contributed by atoms with van der Waals surface area (Å²) in [5.41, 5.74) is 0.739. The smallest absolute Gasteiger partial charge is 0.253 e. The van der Waals surface area contributed by atoms with Crippen molar-refractivity contribution in [2.75, 3.05) is 18.9 Å². The SMILES string of the molecule is CC(CN(C)C(=O)C(C)(C)O)Oc1cccc2ncnc(Nc3ccc(OCc4ccccn4)c(Cl)c3)c12. The lowest BCUT2D eigenvalue weighted by Gasteiger charge is -2.27. The summed E-state index contributed by atoms with van der Waals surface area (Å²) >= 11 is 6.49. The van der Waals surface area contributed by atoms with Gasteiger partial charge in [-0.2, -0.15) is 0 Å². The van der Waals surface area contributed by atoms with E-state index in [0.29, 0.717) is 45.5 Å². The zero-order valence-corrected chi connectivity index (χ0v) is 22.4. The molecule has 2 heterocycles. The van der Waals surface area contributed by atoms with Gasteiger partial charge in [0.2, 0.25) is 0 Å².